The number of rotatable bonds is 4. The van der Waals surface area contributed by atoms with E-state index in [0.29, 0.717) is 0 Å². The molecule has 194 valence electrons. The standard InChI is InChI=1S/2C10H15.2C6H5.2ClH.GeH2.Hf/c2*1-8-5-6-9(7-8)10(2,3)4;2*1-2-4-6-5-3-1;;;;/h2*7H,6H2,1-4H3;2*1-5H;2*1H;1H2;. The molecule has 0 fully saturated rings. The summed E-state index contributed by atoms with van der Waals surface area (Å²) in [4.78, 5) is 0. The van der Waals surface area contributed by atoms with Gasteiger partial charge in [0, 0.05) is 0 Å². The Morgan fingerprint density at radius 1 is 0.583 bits per heavy atom. The molecular weight excluding hydrogens is 706 g/mol. The summed E-state index contributed by atoms with van der Waals surface area (Å²) in [5.74, 6) is 0. The minimum atomic E-state index is -4.25. The Bertz CT molecular complexity index is 1210. The second-order valence-electron chi connectivity index (χ2n) is 12.7. The van der Waals surface area contributed by atoms with Crippen LogP contribution < -0.4 is 6.64 Å². The van der Waals surface area contributed by atoms with Crippen molar-refractivity contribution in [2.45, 2.75) is 68.2 Å². The summed E-state index contributed by atoms with van der Waals surface area (Å²) >= 11 is -2.92. The fraction of sp³-hybridized carbons (Fsp3) is 0.375. The third-order valence-corrected chi connectivity index (χ3v) is 62.5. The van der Waals surface area contributed by atoms with Crippen molar-refractivity contribution in [1.29, 1.82) is 0 Å². The number of hydrogen-bond donors (Lipinski definition) is 0. The van der Waals surface area contributed by atoms with E-state index in [1.807, 2.05) is 0 Å². The average Bonchev–Trinajstić information content (AvgIpc) is 3.38. The molecule has 0 N–H and O–H groups in total. The van der Waals surface area contributed by atoms with E-state index in [9.17, 15) is 0 Å². The maximum Gasteiger partial charge on any atom is -0.147 e. The third kappa shape index (κ3) is 5.04. The largest absolute Gasteiger partial charge is 0.147 e. The maximum absolute atomic E-state index is 4.25. The number of allylic oxidation sites excluding steroid dienone is 8. The first kappa shape index (κ1) is 31.6. The van der Waals surface area contributed by atoms with Crippen molar-refractivity contribution in [3.63, 3.8) is 0 Å². The molecular formula is C32H44Cl2GeHf. The van der Waals surface area contributed by atoms with Crippen LogP contribution in [0.1, 0.15) is 68.2 Å². The quantitative estimate of drug-likeness (QED) is 0.278. The second kappa shape index (κ2) is 10.9. The van der Waals surface area contributed by atoms with Crippen LogP contribution in [-0.2, 0) is 15.4 Å². The molecule has 0 nitrogen and oxygen atoms in total. The van der Waals surface area contributed by atoms with Gasteiger partial charge in [-0.25, -0.2) is 0 Å². The van der Waals surface area contributed by atoms with Gasteiger partial charge in [0.05, 0.1) is 0 Å². The van der Waals surface area contributed by atoms with Crippen LogP contribution in [-0.4, -0.2) is 12.2 Å². The fourth-order valence-corrected chi connectivity index (χ4v) is 53.4. The van der Waals surface area contributed by atoms with Crippen molar-refractivity contribution in [3.8, 4) is 0 Å². The molecule has 0 aromatic heterocycles. The second-order valence-corrected chi connectivity index (χ2v) is 55.9. The van der Waals surface area contributed by atoms with E-state index in [4.69, 9.17) is 0 Å². The Balaban J connectivity index is 0.00000228. The molecule has 0 aliphatic heterocycles. The third-order valence-electron chi connectivity index (χ3n) is 8.55. The molecule has 0 atom stereocenters. The van der Waals surface area contributed by atoms with E-state index in [1.54, 1.807) is 35.6 Å². The monoisotopic (exact) mass is 752 g/mol. The molecule has 0 heterocycles. The van der Waals surface area contributed by atoms with Gasteiger partial charge in [-0.1, -0.05) is 0 Å². The fourth-order valence-electron chi connectivity index (χ4n) is 6.34. The first-order chi connectivity index (χ1) is 15.8. The summed E-state index contributed by atoms with van der Waals surface area (Å²) in [6.45, 7) is 19.1. The van der Waals surface area contributed by atoms with E-state index in [2.05, 4.69) is 128 Å². The van der Waals surface area contributed by atoms with Crippen molar-refractivity contribution in [3.05, 3.63) is 102 Å². The predicted octanol–water partition coefficient (Wildman–Crippen LogP) is 8.02. The minimum absolute atomic E-state index is 0. The Hall–Kier alpha value is -0.607. The van der Waals surface area contributed by atoms with Gasteiger partial charge in [-0.2, -0.15) is 0 Å². The zero-order chi connectivity index (χ0) is 25.0. The zero-order valence-corrected chi connectivity index (χ0v) is 31.6. The Labute approximate surface area is 238 Å². The summed E-state index contributed by atoms with van der Waals surface area (Å²) < 4.78 is 6.89. The van der Waals surface area contributed by atoms with E-state index in [0.717, 1.165) is 12.8 Å². The first-order valence-electron chi connectivity index (χ1n) is 12.7. The molecule has 4 heteroatoms. The molecule has 0 saturated heterocycles. The van der Waals surface area contributed by atoms with E-state index in [1.165, 1.54) is 12.2 Å². The van der Waals surface area contributed by atoms with Crippen LogP contribution in [0.25, 0.3) is 0 Å². The van der Waals surface area contributed by atoms with Crippen molar-refractivity contribution >= 4 is 43.7 Å². The topological polar surface area (TPSA) is 0 Å². The van der Waals surface area contributed by atoms with Crippen LogP contribution in [0.3, 0.4) is 0 Å². The van der Waals surface area contributed by atoms with Crippen LogP contribution in [0.2, 0.25) is 0 Å². The zero-order valence-electron chi connectivity index (χ0n) is 23.4. The maximum atomic E-state index is 2.55. The molecule has 0 saturated carbocycles. The van der Waals surface area contributed by atoms with Crippen LogP contribution in [0, 0.1) is 10.8 Å². The molecule has 2 aliphatic rings. The van der Waals surface area contributed by atoms with Crippen LogP contribution in [0.5, 0.6) is 0 Å². The van der Waals surface area contributed by atoms with Gasteiger partial charge in [0.2, 0.25) is 0 Å². The van der Waals surface area contributed by atoms with Crippen molar-refractivity contribution < 1.29 is 15.4 Å². The minimum Gasteiger partial charge on any atom is -0.147 e. The normalized spacial score (nSPS) is 16.9. The number of benzene rings is 2. The molecule has 0 unspecified atom stereocenters. The first-order valence-corrected chi connectivity index (χ1v) is 34.6. The van der Waals surface area contributed by atoms with Crippen LogP contribution >= 0.6 is 24.8 Å². The summed E-state index contributed by atoms with van der Waals surface area (Å²) in [7, 11) is 0. The van der Waals surface area contributed by atoms with Gasteiger partial charge < -0.3 is 0 Å². The summed E-state index contributed by atoms with van der Waals surface area (Å²) in [6.07, 6.45) is 7.37. The summed E-state index contributed by atoms with van der Waals surface area (Å²) in [6, 6.07) is 23.5. The van der Waals surface area contributed by atoms with Gasteiger partial charge in [0.1, 0.15) is 0 Å². The number of halogens is 2. The molecule has 0 amide bonds. The molecule has 2 aromatic rings. The Morgan fingerprint density at radius 2 is 0.889 bits per heavy atom. The Kier molecular flexibility index (Phi) is 9.55. The molecule has 2 aromatic carbocycles. The van der Waals surface area contributed by atoms with Crippen LogP contribution in [0.4, 0.5) is 0 Å². The van der Waals surface area contributed by atoms with Gasteiger partial charge in [-0.3, -0.25) is 0 Å². The molecule has 0 bridgehead atoms. The SMILES string of the molecule is CC1=[C]([Hf](=[GeH2])([C]2=C(C)C=C(C(C)(C)C)C2)([c]2ccccc2)[c]2ccccc2)CC(C(C)(C)C)=C1.Cl.Cl. The predicted molar refractivity (Wildman–Crippen MR) is 165 cm³/mol. The molecule has 2 aliphatic carbocycles. The molecule has 36 heavy (non-hydrogen) atoms. The molecule has 0 spiro atoms. The van der Waals surface area contributed by atoms with Crippen molar-refractivity contribution in [1.82, 2.24) is 0 Å². The smallest absolute Gasteiger partial charge is 0.147 e. The molecule has 0 radical (unpaired) electrons. The van der Waals surface area contributed by atoms with E-state index < -0.39 is 15.4 Å². The Morgan fingerprint density at radius 3 is 1.14 bits per heavy atom. The van der Waals surface area contributed by atoms with Crippen molar-refractivity contribution in [2.75, 3.05) is 0 Å². The van der Waals surface area contributed by atoms with E-state index in [-0.39, 0.29) is 35.6 Å². The average molecular weight is 751 g/mol. The molecule has 4 rings (SSSR count). The van der Waals surface area contributed by atoms with Crippen LogP contribution in [0.15, 0.2) is 102 Å². The van der Waals surface area contributed by atoms with Crippen molar-refractivity contribution in [2.24, 2.45) is 10.8 Å². The van der Waals surface area contributed by atoms with E-state index >= 15 is 0 Å². The van der Waals surface area contributed by atoms with Gasteiger partial charge in [-0.05, 0) is 0 Å². The van der Waals surface area contributed by atoms with Gasteiger partial charge >= 0.3 is 215 Å². The van der Waals surface area contributed by atoms with Gasteiger partial charge in [-0.15, -0.1) is 24.8 Å². The van der Waals surface area contributed by atoms with Gasteiger partial charge in [0.25, 0.3) is 0 Å². The number of hydrogen-bond acceptors (Lipinski definition) is 0. The summed E-state index contributed by atoms with van der Waals surface area (Å²) in [5.41, 5.74) is 6.68. The summed E-state index contributed by atoms with van der Waals surface area (Å²) in [5, 5.41) is 0. The van der Waals surface area contributed by atoms with Gasteiger partial charge in [0.15, 0.2) is 0 Å².